The summed E-state index contributed by atoms with van der Waals surface area (Å²) < 4.78 is 11.5. The normalized spacial score (nSPS) is 19.6. The maximum Gasteiger partial charge on any atom is 0.161 e. The van der Waals surface area contributed by atoms with Gasteiger partial charge < -0.3 is 29.3 Å². The van der Waals surface area contributed by atoms with Crippen LogP contribution in [-0.4, -0.2) is 92.5 Å². The first kappa shape index (κ1) is 25.3. The maximum absolute atomic E-state index is 10.5. The van der Waals surface area contributed by atoms with Crippen molar-refractivity contribution in [2.24, 2.45) is 0 Å². The van der Waals surface area contributed by atoms with Crippen LogP contribution in [0.3, 0.4) is 0 Å². The third-order valence-corrected chi connectivity index (χ3v) is 6.74. The predicted octanol–water partition coefficient (Wildman–Crippen LogP) is 3.62. The Balaban J connectivity index is 1.41. The highest BCUT2D eigenvalue weighted by Crippen LogP contribution is 2.28. The molecule has 6 nitrogen and oxygen atoms in total. The van der Waals surface area contributed by atoms with Crippen molar-refractivity contribution in [3.63, 3.8) is 0 Å². The molecule has 6 heteroatoms. The summed E-state index contributed by atoms with van der Waals surface area (Å²) in [5, 5.41) is 10.5. The van der Waals surface area contributed by atoms with Crippen molar-refractivity contribution in [3.05, 3.63) is 23.8 Å². The number of ether oxygens (including phenoxy) is 2. The Labute approximate surface area is 195 Å². The van der Waals surface area contributed by atoms with Gasteiger partial charge in [-0.1, -0.05) is 25.3 Å². The number of rotatable bonds is 12. The van der Waals surface area contributed by atoms with Crippen LogP contribution in [0, 0.1) is 0 Å². The minimum atomic E-state index is -0.486. The van der Waals surface area contributed by atoms with Crippen molar-refractivity contribution in [1.29, 1.82) is 0 Å². The van der Waals surface area contributed by atoms with Crippen molar-refractivity contribution >= 4 is 0 Å². The lowest BCUT2D eigenvalue weighted by molar-refractivity contribution is 0.0645. The lowest BCUT2D eigenvalue weighted by Crippen LogP contribution is -2.37. The Morgan fingerprint density at radius 1 is 0.938 bits per heavy atom. The Bertz CT molecular complexity index is 643. The molecule has 0 aromatic heterocycles. The molecule has 0 bridgehead atoms. The van der Waals surface area contributed by atoms with Gasteiger partial charge in [0.15, 0.2) is 11.5 Å². The maximum atomic E-state index is 10.5. The van der Waals surface area contributed by atoms with Gasteiger partial charge in [0, 0.05) is 13.1 Å². The van der Waals surface area contributed by atoms with Crippen LogP contribution in [0.4, 0.5) is 0 Å². The molecule has 2 heterocycles. The average Bonchev–Trinajstić information content (AvgIpc) is 3.28. The van der Waals surface area contributed by atoms with Gasteiger partial charge in [0.2, 0.25) is 0 Å². The number of aliphatic hydroxyl groups is 1. The van der Waals surface area contributed by atoms with Crippen LogP contribution < -0.4 is 9.47 Å². The number of hydrogen-bond donors (Lipinski definition) is 1. The molecular weight excluding hydrogens is 402 g/mol. The highest BCUT2D eigenvalue weighted by atomic mass is 16.5. The first-order chi connectivity index (χ1) is 15.6. The predicted molar refractivity (Wildman–Crippen MR) is 131 cm³/mol. The SMILES string of the molecule is COc1cc(CN(C)CCCN2CCCC2)ccc1OCC(O)CN1CCCCCCC1. The molecule has 1 aromatic carbocycles. The molecule has 2 aliphatic rings. The zero-order valence-electron chi connectivity index (χ0n) is 20.4. The lowest BCUT2D eigenvalue weighted by Gasteiger charge is -2.26. The number of hydrogen-bond acceptors (Lipinski definition) is 6. The summed E-state index contributed by atoms with van der Waals surface area (Å²) in [6.07, 6.45) is 9.87. The second kappa shape index (κ2) is 14.0. The van der Waals surface area contributed by atoms with E-state index in [0.717, 1.165) is 31.9 Å². The third kappa shape index (κ3) is 8.89. The Kier molecular flexibility index (Phi) is 11.1. The zero-order valence-corrected chi connectivity index (χ0v) is 20.4. The molecule has 2 aliphatic heterocycles. The number of aliphatic hydroxyl groups excluding tert-OH is 1. The van der Waals surface area contributed by atoms with Gasteiger partial charge in [-0.25, -0.2) is 0 Å². The molecule has 0 amide bonds. The van der Waals surface area contributed by atoms with Crippen LogP contribution in [-0.2, 0) is 6.54 Å². The molecule has 2 fully saturated rings. The standard InChI is InChI=1S/C26H45N3O3/c1-27(13-10-18-28-14-8-9-15-28)20-23-11-12-25(26(19-23)31-2)32-22-24(30)21-29-16-6-4-3-5-7-17-29/h11-12,19,24,30H,3-10,13-18,20-22H2,1-2H3. The molecule has 32 heavy (non-hydrogen) atoms. The highest BCUT2D eigenvalue weighted by molar-refractivity contribution is 5.43. The number of benzene rings is 1. The largest absolute Gasteiger partial charge is 0.493 e. The number of nitrogens with zero attached hydrogens (tertiary/aromatic N) is 3. The summed E-state index contributed by atoms with van der Waals surface area (Å²) in [5.74, 6) is 1.45. The Morgan fingerprint density at radius 3 is 2.31 bits per heavy atom. The minimum absolute atomic E-state index is 0.294. The molecule has 0 saturated carbocycles. The van der Waals surface area contributed by atoms with Gasteiger partial charge in [-0.05, 0) is 96.1 Å². The van der Waals surface area contributed by atoms with Gasteiger partial charge in [0.05, 0.1) is 7.11 Å². The number of β-amino-alcohol motifs (C(OH)–C–C–N with tert-alkyl or cyclic N) is 1. The molecule has 0 radical (unpaired) electrons. The summed E-state index contributed by atoms with van der Waals surface area (Å²) in [7, 11) is 3.87. The third-order valence-electron chi connectivity index (χ3n) is 6.74. The fraction of sp³-hybridized carbons (Fsp3) is 0.769. The van der Waals surface area contributed by atoms with Crippen molar-refractivity contribution in [1.82, 2.24) is 14.7 Å². The molecule has 2 saturated heterocycles. The summed E-state index contributed by atoms with van der Waals surface area (Å²) >= 11 is 0. The van der Waals surface area contributed by atoms with E-state index >= 15 is 0 Å². The van der Waals surface area contributed by atoms with E-state index in [9.17, 15) is 5.11 Å². The van der Waals surface area contributed by atoms with E-state index in [2.05, 4.69) is 33.9 Å². The average molecular weight is 448 g/mol. The second-order valence-corrected chi connectivity index (χ2v) is 9.66. The van der Waals surface area contributed by atoms with Crippen molar-refractivity contribution in [2.75, 3.05) is 66.6 Å². The number of methoxy groups -OCH3 is 1. The quantitative estimate of drug-likeness (QED) is 0.528. The first-order valence-electron chi connectivity index (χ1n) is 12.7. The van der Waals surface area contributed by atoms with Crippen molar-refractivity contribution < 1.29 is 14.6 Å². The van der Waals surface area contributed by atoms with E-state index in [0.29, 0.717) is 18.9 Å². The van der Waals surface area contributed by atoms with Gasteiger partial charge in [-0.2, -0.15) is 0 Å². The van der Waals surface area contributed by atoms with Crippen LogP contribution in [0.1, 0.15) is 56.9 Å². The fourth-order valence-corrected chi connectivity index (χ4v) is 4.92. The second-order valence-electron chi connectivity index (χ2n) is 9.66. The molecule has 1 N–H and O–H groups in total. The van der Waals surface area contributed by atoms with Crippen LogP contribution in [0.2, 0.25) is 0 Å². The molecule has 182 valence electrons. The summed E-state index contributed by atoms with van der Waals surface area (Å²) in [4.78, 5) is 7.33. The molecule has 1 unspecified atom stereocenters. The minimum Gasteiger partial charge on any atom is -0.493 e. The summed E-state index contributed by atoms with van der Waals surface area (Å²) in [6.45, 7) is 8.89. The van der Waals surface area contributed by atoms with Crippen molar-refractivity contribution in [2.45, 2.75) is 64.0 Å². The smallest absolute Gasteiger partial charge is 0.161 e. The molecular formula is C26H45N3O3. The molecule has 1 aromatic rings. The molecule has 3 rings (SSSR count). The van der Waals surface area contributed by atoms with Gasteiger partial charge >= 0.3 is 0 Å². The molecule has 1 atom stereocenters. The number of likely N-dealkylation sites (tertiary alicyclic amines) is 2. The van der Waals surface area contributed by atoms with Gasteiger partial charge in [-0.15, -0.1) is 0 Å². The van der Waals surface area contributed by atoms with E-state index in [1.807, 2.05) is 6.07 Å². The topological polar surface area (TPSA) is 48.4 Å². The van der Waals surface area contributed by atoms with E-state index in [4.69, 9.17) is 9.47 Å². The Hall–Kier alpha value is -1.34. The van der Waals surface area contributed by atoms with Gasteiger partial charge in [0.1, 0.15) is 12.7 Å². The van der Waals surface area contributed by atoms with E-state index in [1.54, 1.807) is 7.11 Å². The monoisotopic (exact) mass is 447 g/mol. The van der Waals surface area contributed by atoms with Crippen LogP contribution in [0.25, 0.3) is 0 Å². The van der Waals surface area contributed by atoms with E-state index in [-0.39, 0.29) is 0 Å². The van der Waals surface area contributed by atoms with E-state index < -0.39 is 6.10 Å². The summed E-state index contributed by atoms with van der Waals surface area (Å²) in [6, 6.07) is 6.16. The Morgan fingerprint density at radius 2 is 1.59 bits per heavy atom. The van der Waals surface area contributed by atoms with E-state index in [1.165, 1.54) is 76.6 Å². The van der Waals surface area contributed by atoms with Gasteiger partial charge in [-0.3, -0.25) is 0 Å². The lowest BCUT2D eigenvalue weighted by atomic mass is 10.1. The fourth-order valence-electron chi connectivity index (χ4n) is 4.92. The molecule has 0 aliphatic carbocycles. The zero-order chi connectivity index (χ0) is 22.6. The van der Waals surface area contributed by atoms with Crippen LogP contribution in [0.5, 0.6) is 11.5 Å². The summed E-state index contributed by atoms with van der Waals surface area (Å²) in [5.41, 5.74) is 1.22. The van der Waals surface area contributed by atoms with Crippen molar-refractivity contribution in [3.8, 4) is 11.5 Å². The van der Waals surface area contributed by atoms with Crippen LogP contribution >= 0.6 is 0 Å². The van der Waals surface area contributed by atoms with Gasteiger partial charge in [0.25, 0.3) is 0 Å². The highest BCUT2D eigenvalue weighted by Gasteiger charge is 2.16. The molecule has 0 spiro atoms. The first-order valence-corrected chi connectivity index (χ1v) is 12.7. The van der Waals surface area contributed by atoms with Crippen LogP contribution in [0.15, 0.2) is 18.2 Å².